The van der Waals surface area contributed by atoms with E-state index in [1.54, 1.807) is 6.20 Å². The smallest absolute Gasteiger partial charge is 0.160 e. The Kier molecular flexibility index (Phi) is 4.68. The van der Waals surface area contributed by atoms with Gasteiger partial charge in [-0.2, -0.15) is 10.5 Å². The monoisotopic (exact) mass is 294 g/mol. The molecule has 22 heavy (non-hydrogen) atoms. The van der Waals surface area contributed by atoms with Crippen molar-refractivity contribution in [1.29, 1.82) is 10.5 Å². The molecule has 0 radical (unpaired) electrons. The summed E-state index contributed by atoms with van der Waals surface area (Å²) in [6, 6.07) is 7.69. The van der Waals surface area contributed by atoms with Gasteiger partial charge in [-0.05, 0) is 24.6 Å². The van der Waals surface area contributed by atoms with Crippen LogP contribution in [0.5, 0.6) is 0 Å². The molecule has 0 aliphatic heterocycles. The summed E-state index contributed by atoms with van der Waals surface area (Å²) < 4.78 is 0. The van der Waals surface area contributed by atoms with Gasteiger partial charge in [0.05, 0.1) is 12.1 Å². The molecule has 2 rings (SSSR count). The van der Waals surface area contributed by atoms with E-state index in [-0.39, 0.29) is 18.8 Å². The standard InChI is InChI=1S/C14H14N8/c1-10-2-5-18-11(8-10)21-13-12(17)14(20-9-19-13)22(6-3-15)7-4-16/h2,5,8-9H,6-7,17H2,1H3,(H,18,19,20,21). The van der Waals surface area contributed by atoms with Crippen LogP contribution < -0.4 is 16.0 Å². The number of nitrogens with zero attached hydrogens (tertiary/aromatic N) is 6. The summed E-state index contributed by atoms with van der Waals surface area (Å²) in [5, 5.41) is 20.7. The molecule has 0 atom stereocenters. The number of hydrogen-bond donors (Lipinski definition) is 2. The molecule has 0 aliphatic rings. The number of nitriles is 2. The Labute approximate surface area is 127 Å². The molecule has 2 aromatic rings. The average molecular weight is 294 g/mol. The largest absolute Gasteiger partial charge is 0.393 e. The van der Waals surface area contributed by atoms with E-state index >= 15 is 0 Å². The maximum absolute atomic E-state index is 8.84. The van der Waals surface area contributed by atoms with E-state index in [1.165, 1.54) is 11.2 Å². The molecule has 0 bridgehead atoms. The van der Waals surface area contributed by atoms with Crippen LogP contribution in [0.15, 0.2) is 24.7 Å². The third kappa shape index (κ3) is 3.38. The maximum atomic E-state index is 8.84. The number of nitrogens with one attached hydrogen (secondary N) is 1. The highest BCUT2D eigenvalue weighted by atomic mass is 15.2. The minimum atomic E-state index is 0.0108. The topological polar surface area (TPSA) is 128 Å². The Bertz CT molecular complexity index is 727. The number of aromatic nitrogens is 3. The molecule has 110 valence electrons. The normalized spacial score (nSPS) is 9.59. The number of anilines is 4. The summed E-state index contributed by atoms with van der Waals surface area (Å²) in [4.78, 5) is 13.8. The summed E-state index contributed by atoms with van der Waals surface area (Å²) in [5.74, 6) is 1.32. The Morgan fingerprint density at radius 1 is 1.23 bits per heavy atom. The molecular formula is C14H14N8. The van der Waals surface area contributed by atoms with Gasteiger partial charge in [-0.25, -0.2) is 15.0 Å². The molecule has 2 heterocycles. The van der Waals surface area contributed by atoms with Crippen LogP contribution >= 0.6 is 0 Å². The minimum Gasteiger partial charge on any atom is -0.393 e. The first-order valence-electron chi connectivity index (χ1n) is 6.44. The summed E-state index contributed by atoms with van der Waals surface area (Å²) in [7, 11) is 0. The lowest BCUT2D eigenvalue weighted by Gasteiger charge is -2.19. The van der Waals surface area contributed by atoms with Crippen LogP contribution in [0.25, 0.3) is 0 Å². The number of hydrogen-bond acceptors (Lipinski definition) is 8. The van der Waals surface area contributed by atoms with Crippen molar-refractivity contribution in [2.75, 3.05) is 29.0 Å². The molecule has 0 aliphatic carbocycles. The van der Waals surface area contributed by atoms with Crippen LogP contribution in [0.2, 0.25) is 0 Å². The zero-order valence-electron chi connectivity index (χ0n) is 12.0. The van der Waals surface area contributed by atoms with Crippen LogP contribution in [0.1, 0.15) is 5.56 Å². The second kappa shape index (κ2) is 6.86. The highest BCUT2D eigenvalue weighted by Crippen LogP contribution is 2.27. The summed E-state index contributed by atoms with van der Waals surface area (Å²) in [6.45, 7) is 1.97. The molecule has 8 nitrogen and oxygen atoms in total. The van der Waals surface area contributed by atoms with Crippen LogP contribution in [-0.4, -0.2) is 28.0 Å². The van der Waals surface area contributed by atoms with E-state index in [4.69, 9.17) is 16.3 Å². The van der Waals surface area contributed by atoms with Crippen molar-refractivity contribution in [3.8, 4) is 12.1 Å². The number of nitrogens with two attached hydrogens (primary N) is 1. The number of nitrogen functional groups attached to an aromatic ring is 1. The second-order valence-corrected chi connectivity index (χ2v) is 4.48. The molecule has 2 aromatic heterocycles. The van der Waals surface area contributed by atoms with E-state index in [1.807, 2.05) is 31.2 Å². The first-order valence-corrected chi connectivity index (χ1v) is 6.44. The van der Waals surface area contributed by atoms with Crippen molar-refractivity contribution in [3.05, 3.63) is 30.2 Å². The van der Waals surface area contributed by atoms with Crippen LogP contribution in [0, 0.1) is 29.6 Å². The molecule has 0 aromatic carbocycles. The molecule has 0 fully saturated rings. The Morgan fingerprint density at radius 2 is 1.95 bits per heavy atom. The van der Waals surface area contributed by atoms with Gasteiger partial charge in [0.15, 0.2) is 11.6 Å². The fraction of sp³-hybridized carbons (Fsp3) is 0.214. The highest BCUT2D eigenvalue weighted by molar-refractivity contribution is 5.77. The van der Waals surface area contributed by atoms with E-state index in [0.717, 1.165) is 5.56 Å². The zero-order valence-corrected chi connectivity index (χ0v) is 12.0. The van der Waals surface area contributed by atoms with Crippen molar-refractivity contribution < 1.29 is 0 Å². The fourth-order valence-corrected chi connectivity index (χ4v) is 1.84. The molecule has 3 N–H and O–H groups in total. The highest BCUT2D eigenvalue weighted by Gasteiger charge is 2.15. The van der Waals surface area contributed by atoms with E-state index in [0.29, 0.717) is 17.5 Å². The summed E-state index contributed by atoms with van der Waals surface area (Å²) in [5.41, 5.74) is 7.36. The van der Waals surface area contributed by atoms with Crippen molar-refractivity contribution >= 4 is 23.1 Å². The number of pyridine rings is 1. The lowest BCUT2D eigenvalue weighted by molar-refractivity contribution is 0.929. The quantitative estimate of drug-likeness (QED) is 0.791. The van der Waals surface area contributed by atoms with Crippen molar-refractivity contribution in [3.63, 3.8) is 0 Å². The van der Waals surface area contributed by atoms with Gasteiger partial charge >= 0.3 is 0 Å². The van der Waals surface area contributed by atoms with E-state index in [9.17, 15) is 0 Å². The lowest BCUT2D eigenvalue weighted by Crippen LogP contribution is -2.26. The number of aryl methyl sites for hydroxylation is 1. The van der Waals surface area contributed by atoms with Crippen molar-refractivity contribution in [2.45, 2.75) is 6.92 Å². The summed E-state index contributed by atoms with van der Waals surface area (Å²) in [6.07, 6.45) is 3.00. The second-order valence-electron chi connectivity index (χ2n) is 4.48. The molecular weight excluding hydrogens is 280 g/mol. The van der Waals surface area contributed by atoms with Crippen LogP contribution in [-0.2, 0) is 0 Å². The molecule has 0 saturated heterocycles. The predicted molar refractivity (Wildman–Crippen MR) is 82.1 cm³/mol. The molecule has 8 heteroatoms. The maximum Gasteiger partial charge on any atom is 0.160 e. The Balaban J connectivity index is 2.33. The predicted octanol–water partition coefficient (Wildman–Crippen LogP) is 1.36. The zero-order chi connectivity index (χ0) is 15.9. The number of rotatable bonds is 5. The van der Waals surface area contributed by atoms with Gasteiger partial charge in [0.2, 0.25) is 0 Å². The van der Waals surface area contributed by atoms with Crippen molar-refractivity contribution in [2.24, 2.45) is 0 Å². The lowest BCUT2D eigenvalue weighted by atomic mass is 10.3. The molecule has 0 spiro atoms. The minimum absolute atomic E-state index is 0.0108. The van der Waals surface area contributed by atoms with Gasteiger partial charge in [-0.1, -0.05) is 0 Å². The Hall–Kier alpha value is -3.39. The van der Waals surface area contributed by atoms with Crippen LogP contribution in [0.4, 0.5) is 23.1 Å². The van der Waals surface area contributed by atoms with Gasteiger partial charge in [-0.3, -0.25) is 0 Å². The average Bonchev–Trinajstić information content (AvgIpc) is 2.49. The van der Waals surface area contributed by atoms with E-state index < -0.39 is 0 Å². The third-order valence-corrected chi connectivity index (χ3v) is 2.85. The fourth-order valence-electron chi connectivity index (χ4n) is 1.84. The first kappa shape index (κ1) is 15.0. The van der Waals surface area contributed by atoms with Gasteiger partial charge in [0.25, 0.3) is 0 Å². The van der Waals surface area contributed by atoms with Gasteiger partial charge in [0, 0.05) is 6.20 Å². The first-order chi connectivity index (χ1) is 10.7. The van der Waals surface area contributed by atoms with Gasteiger partial charge in [0.1, 0.15) is 30.9 Å². The van der Waals surface area contributed by atoms with E-state index in [2.05, 4.69) is 20.3 Å². The third-order valence-electron chi connectivity index (χ3n) is 2.85. The molecule has 0 saturated carbocycles. The SMILES string of the molecule is Cc1ccnc(Nc2ncnc(N(CC#N)CC#N)c2N)c1. The Morgan fingerprint density at radius 3 is 2.59 bits per heavy atom. The van der Waals surface area contributed by atoms with Gasteiger partial charge < -0.3 is 16.0 Å². The molecule has 0 amide bonds. The van der Waals surface area contributed by atoms with Gasteiger partial charge in [-0.15, -0.1) is 0 Å². The van der Waals surface area contributed by atoms with Crippen molar-refractivity contribution in [1.82, 2.24) is 15.0 Å². The summed E-state index contributed by atoms with van der Waals surface area (Å²) >= 11 is 0. The van der Waals surface area contributed by atoms with Crippen LogP contribution in [0.3, 0.4) is 0 Å². The molecule has 0 unspecified atom stereocenters.